The van der Waals surface area contributed by atoms with Crippen LogP contribution in [0.5, 0.6) is 0 Å². The maximum atomic E-state index is 13.1. The highest BCUT2D eigenvalue weighted by molar-refractivity contribution is 7.93. The van der Waals surface area contributed by atoms with Crippen LogP contribution in [0, 0.1) is 0 Å². The minimum Gasteiger partial charge on any atom is -0.280 e. The van der Waals surface area contributed by atoms with Gasteiger partial charge in [0.25, 0.3) is 10.0 Å². The molecule has 1 aliphatic rings. The average Bonchev–Trinajstić information content (AvgIpc) is 2.72. The molecule has 3 aromatic rings. The third-order valence-electron chi connectivity index (χ3n) is 5.15. The Bertz CT molecular complexity index is 1280. The van der Waals surface area contributed by atoms with Crippen molar-refractivity contribution in [3.63, 3.8) is 0 Å². The van der Waals surface area contributed by atoms with Gasteiger partial charge in [0.05, 0.1) is 22.0 Å². The third-order valence-corrected chi connectivity index (χ3v) is 8.37. The number of fused-ring (bicyclic) bond motifs is 2. The molecule has 0 bridgehead atoms. The second-order valence-corrected chi connectivity index (χ2v) is 10.8. The Hall–Kier alpha value is -2.58. The number of anilines is 2. The van der Waals surface area contributed by atoms with E-state index in [9.17, 15) is 16.8 Å². The van der Waals surface area contributed by atoms with Crippen LogP contribution in [-0.4, -0.2) is 29.1 Å². The predicted octanol–water partition coefficient (Wildman–Crippen LogP) is 3.74. The van der Waals surface area contributed by atoms with Gasteiger partial charge >= 0.3 is 0 Å². The number of hydrogen-bond donors (Lipinski definition) is 1. The number of aryl methyl sites for hydroxylation is 1. The van der Waals surface area contributed by atoms with Gasteiger partial charge in [-0.25, -0.2) is 16.8 Å². The zero-order chi connectivity index (χ0) is 20.6. The average molecular weight is 431 g/mol. The molecule has 6 nitrogen and oxygen atoms in total. The lowest BCUT2D eigenvalue weighted by molar-refractivity contribution is 0.588. The maximum absolute atomic E-state index is 13.1. The molecule has 0 atom stereocenters. The Morgan fingerprint density at radius 3 is 2.52 bits per heavy atom. The van der Waals surface area contributed by atoms with Crippen molar-refractivity contribution in [1.82, 2.24) is 0 Å². The molecule has 29 heavy (non-hydrogen) atoms. The van der Waals surface area contributed by atoms with Crippen LogP contribution in [0.2, 0.25) is 0 Å². The monoisotopic (exact) mass is 430 g/mol. The summed E-state index contributed by atoms with van der Waals surface area (Å²) >= 11 is 0. The number of hydrogen-bond acceptors (Lipinski definition) is 4. The van der Waals surface area contributed by atoms with Crippen LogP contribution in [0.3, 0.4) is 0 Å². The molecular formula is C21H22N2O4S2. The van der Waals surface area contributed by atoms with Gasteiger partial charge in [0, 0.05) is 11.9 Å². The maximum Gasteiger partial charge on any atom is 0.262 e. The summed E-state index contributed by atoms with van der Waals surface area (Å²) in [6.07, 6.45) is 1.51. The molecule has 4 rings (SSSR count). The molecule has 1 aliphatic heterocycles. The number of sulfonamides is 2. The van der Waals surface area contributed by atoms with Gasteiger partial charge in [0.1, 0.15) is 0 Å². The van der Waals surface area contributed by atoms with E-state index in [4.69, 9.17) is 0 Å². The molecule has 3 aromatic carbocycles. The summed E-state index contributed by atoms with van der Waals surface area (Å²) in [4.78, 5) is 0.186. The number of nitrogens with zero attached hydrogens (tertiary/aromatic N) is 1. The summed E-state index contributed by atoms with van der Waals surface area (Å²) in [5.74, 6) is -0.00159. The van der Waals surface area contributed by atoms with E-state index in [1.54, 1.807) is 49.4 Å². The van der Waals surface area contributed by atoms with Gasteiger partial charge in [0.15, 0.2) is 0 Å². The first-order valence-electron chi connectivity index (χ1n) is 9.46. The molecule has 152 valence electrons. The van der Waals surface area contributed by atoms with Crippen molar-refractivity contribution < 1.29 is 16.8 Å². The van der Waals surface area contributed by atoms with Crippen molar-refractivity contribution in [2.75, 3.05) is 21.3 Å². The Kier molecular flexibility index (Phi) is 5.00. The minimum atomic E-state index is -3.84. The fourth-order valence-corrected chi connectivity index (χ4v) is 6.16. The summed E-state index contributed by atoms with van der Waals surface area (Å²) in [7, 11) is -7.26. The van der Waals surface area contributed by atoms with Crippen LogP contribution in [0.15, 0.2) is 65.6 Å². The Labute approximate surface area is 171 Å². The molecule has 0 unspecified atom stereocenters. The topological polar surface area (TPSA) is 83.6 Å². The molecule has 8 heteroatoms. The van der Waals surface area contributed by atoms with Crippen LogP contribution < -0.4 is 9.03 Å². The van der Waals surface area contributed by atoms with Gasteiger partial charge in [-0.2, -0.15) is 0 Å². The molecule has 0 radical (unpaired) electrons. The van der Waals surface area contributed by atoms with E-state index in [0.29, 0.717) is 23.3 Å². The highest BCUT2D eigenvalue weighted by atomic mass is 32.2. The van der Waals surface area contributed by atoms with E-state index in [2.05, 4.69) is 4.72 Å². The highest BCUT2D eigenvalue weighted by Crippen LogP contribution is 2.33. The number of nitrogens with one attached hydrogen (secondary N) is 1. The van der Waals surface area contributed by atoms with E-state index in [-0.39, 0.29) is 10.6 Å². The molecule has 0 aliphatic carbocycles. The van der Waals surface area contributed by atoms with Crippen LogP contribution in [0.1, 0.15) is 18.9 Å². The smallest absolute Gasteiger partial charge is 0.262 e. The van der Waals surface area contributed by atoms with E-state index in [0.717, 1.165) is 23.8 Å². The summed E-state index contributed by atoms with van der Waals surface area (Å²) in [5, 5.41) is 1.47. The van der Waals surface area contributed by atoms with Crippen LogP contribution >= 0.6 is 0 Å². The van der Waals surface area contributed by atoms with Gasteiger partial charge in [-0.15, -0.1) is 0 Å². The first-order valence-corrected chi connectivity index (χ1v) is 12.5. The Morgan fingerprint density at radius 2 is 1.72 bits per heavy atom. The molecule has 0 saturated carbocycles. The second-order valence-electron chi connectivity index (χ2n) is 7.00. The predicted molar refractivity (Wildman–Crippen MR) is 116 cm³/mol. The Morgan fingerprint density at radius 1 is 0.966 bits per heavy atom. The van der Waals surface area contributed by atoms with E-state index < -0.39 is 20.0 Å². The number of benzene rings is 3. The Balaban J connectivity index is 1.74. The van der Waals surface area contributed by atoms with Crippen molar-refractivity contribution in [2.24, 2.45) is 0 Å². The first-order chi connectivity index (χ1) is 13.8. The zero-order valence-corrected chi connectivity index (χ0v) is 17.6. The van der Waals surface area contributed by atoms with Gasteiger partial charge < -0.3 is 0 Å². The lowest BCUT2D eigenvalue weighted by Crippen LogP contribution is -2.36. The normalized spacial score (nSPS) is 14.6. The van der Waals surface area contributed by atoms with Gasteiger partial charge in [-0.3, -0.25) is 9.03 Å². The fourth-order valence-electron chi connectivity index (χ4n) is 3.69. The number of rotatable bonds is 5. The fraction of sp³-hybridized carbons (Fsp3) is 0.238. The van der Waals surface area contributed by atoms with Crippen LogP contribution in [0.4, 0.5) is 11.4 Å². The lowest BCUT2D eigenvalue weighted by Gasteiger charge is -2.30. The molecule has 1 N–H and O–H groups in total. The second kappa shape index (κ2) is 7.35. The van der Waals surface area contributed by atoms with Gasteiger partial charge in [0.2, 0.25) is 10.0 Å². The molecule has 0 spiro atoms. The first kappa shape index (κ1) is 19.7. The zero-order valence-electron chi connectivity index (χ0n) is 16.0. The van der Waals surface area contributed by atoms with E-state index >= 15 is 0 Å². The van der Waals surface area contributed by atoms with Crippen molar-refractivity contribution in [3.8, 4) is 0 Å². The summed E-state index contributed by atoms with van der Waals surface area (Å²) < 4.78 is 55.1. The largest absolute Gasteiger partial charge is 0.280 e. The standard InChI is InChI=1S/C21H22N2O4S2/c1-2-28(24,25)23-14-6-9-17-12-13-18(15-20(17)23)22-29(26,27)21-11-5-8-16-7-3-4-10-19(16)21/h3-5,7-8,10-13,15,22H,2,6,9,14H2,1H3. The van der Waals surface area contributed by atoms with Crippen molar-refractivity contribution in [3.05, 3.63) is 66.2 Å². The van der Waals surface area contributed by atoms with E-state index in [1.807, 2.05) is 18.2 Å². The molecular weight excluding hydrogens is 408 g/mol. The molecule has 0 aromatic heterocycles. The summed E-state index contributed by atoms with van der Waals surface area (Å²) in [6.45, 7) is 2.01. The molecule has 0 saturated heterocycles. The molecule has 0 amide bonds. The quantitative estimate of drug-likeness (QED) is 0.668. The SMILES string of the molecule is CCS(=O)(=O)N1CCCc2ccc(NS(=O)(=O)c3cccc4ccccc34)cc21. The molecule has 0 fully saturated rings. The minimum absolute atomic E-state index is 0.00159. The van der Waals surface area contributed by atoms with Crippen molar-refractivity contribution >= 4 is 42.2 Å². The van der Waals surface area contributed by atoms with Crippen LogP contribution in [0.25, 0.3) is 10.8 Å². The van der Waals surface area contributed by atoms with Crippen LogP contribution in [-0.2, 0) is 26.5 Å². The van der Waals surface area contributed by atoms with Crippen molar-refractivity contribution in [1.29, 1.82) is 0 Å². The molecule has 1 heterocycles. The summed E-state index contributed by atoms with van der Waals surface area (Å²) in [6, 6.07) is 17.5. The lowest BCUT2D eigenvalue weighted by atomic mass is 10.0. The summed E-state index contributed by atoms with van der Waals surface area (Å²) in [5.41, 5.74) is 1.80. The third kappa shape index (κ3) is 3.70. The highest BCUT2D eigenvalue weighted by Gasteiger charge is 2.27. The van der Waals surface area contributed by atoms with E-state index in [1.165, 1.54) is 4.31 Å². The van der Waals surface area contributed by atoms with Gasteiger partial charge in [-0.1, -0.05) is 42.5 Å². The van der Waals surface area contributed by atoms with Gasteiger partial charge in [-0.05, 0) is 48.9 Å². The van der Waals surface area contributed by atoms with Crippen molar-refractivity contribution in [2.45, 2.75) is 24.7 Å².